The number of carbonyl (C=O) groups is 3. The van der Waals surface area contributed by atoms with E-state index < -0.39 is 11.8 Å². The highest BCUT2D eigenvalue weighted by Crippen LogP contribution is 2.14. The van der Waals surface area contributed by atoms with Crippen molar-refractivity contribution in [2.45, 2.75) is 20.3 Å². The van der Waals surface area contributed by atoms with Crippen LogP contribution in [0.25, 0.3) is 0 Å². The van der Waals surface area contributed by atoms with Crippen molar-refractivity contribution in [3.05, 3.63) is 24.3 Å². The molecule has 0 bridgehead atoms. The Kier molecular flexibility index (Phi) is 5.53. The van der Waals surface area contributed by atoms with Gasteiger partial charge in [0, 0.05) is 24.8 Å². The largest absolute Gasteiger partial charge is 0.348 e. The van der Waals surface area contributed by atoms with Gasteiger partial charge in [-0.3, -0.25) is 14.4 Å². The Morgan fingerprint density at radius 1 is 1.05 bits per heavy atom. The Hall–Kier alpha value is -2.37. The first-order valence-corrected chi connectivity index (χ1v) is 5.99. The van der Waals surface area contributed by atoms with Gasteiger partial charge in [-0.25, -0.2) is 0 Å². The van der Waals surface area contributed by atoms with Crippen molar-refractivity contribution in [2.75, 3.05) is 17.2 Å². The third kappa shape index (κ3) is 5.20. The molecule has 0 saturated heterocycles. The lowest BCUT2D eigenvalue weighted by Gasteiger charge is -2.07. The average molecular weight is 263 g/mol. The molecule has 0 aliphatic heterocycles. The smallest absolute Gasteiger partial charge is 0.313 e. The van der Waals surface area contributed by atoms with Gasteiger partial charge in [0.25, 0.3) is 0 Å². The molecule has 0 fully saturated rings. The van der Waals surface area contributed by atoms with Crippen molar-refractivity contribution in [3.8, 4) is 0 Å². The SMILES string of the molecule is CCCNC(=O)C(=O)Nc1cccc(NC(C)=O)c1. The zero-order valence-corrected chi connectivity index (χ0v) is 10.9. The summed E-state index contributed by atoms with van der Waals surface area (Å²) in [5.41, 5.74) is 1.00. The maximum Gasteiger partial charge on any atom is 0.313 e. The lowest BCUT2D eigenvalue weighted by molar-refractivity contribution is -0.136. The average Bonchev–Trinajstić information content (AvgIpc) is 2.35. The molecule has 0 spiro atoms. The second-order valence-corrected chi connectivity index (χ2v) is 3.97. The van der Waals surface area contributed by atoms with E-state index in [1.165, 1.54) is 6.92 Å². The number of hydrogen-bond acceptors (Lipinski definition) is 3. The molecule has 3 N–H and O–H groups in total. The van der Waals surface area contributed by atoms with Gasteiger partial charge in [0.2, 0.25) is 5.91 Å². The second-order valence-electron chi connectivity index (χ2n) is 3.97. The monoisotopic (exact) mass is 263 g/mol. The van der Waals surface area contributed by atoms with Gasteiger partial charge in [-0.2, -0.15) is 0 Å². The van der Waals surface area contributed by atoms with E-state index in [2.05, 4.69) is 16.0 Å². The summed E-state index contributed by atoms with van der Waals surface area (Å²) in [4.78, 5) is 33.8. The second kappa shape index (κ2) is 7.15. The molecule has 6 heteroatoms. The fourth-order valence-corrected chi connectivity index (χ4v) is 1.38. The Balaban J connectivity index is 2.63. The highest BCUT2D eigenvalue weighted by Gasteiger charge is 2.12. The van der Waals surface area contributed by atoms with E-state index in [-0.39, 0.29) is 5.91 Å². The van der Waals surface area contributed by atoms with E-state index in [0.29, 0.717) is 17.9 Å². The summed E-state index contributed by atoms with van der Waals surface area (Å²) in [6.45, 7) is 3.75. The number of rotatable bonds is 4. The molecule has 0 aliphatic rings. The minimum absolute atomic E-state index is 0.204. The summed E-state index contributed by atoms with van der Waals surface area (Å²) >= 11 is 0. The summed E-state index contributed by atoms with van der Waals surface area (Å²) in [5, 5.41) is 7.53. The molecule has 0 aliphatic carbocycles. The first-order chi connectivity index (χ1) is 9.02. The number of carbonyl (C=O) groups excluding carboxylic acids is 3. The Morgan fingerprint density at radius 3 is 2.26 bits per heavy atom. The van der Waals surface area contributed by atoms with Gasteiger partial charge in [0.15, 0.2) is 0 Å². The molecule has 0 unspecified atom stereocenters. The lowest BCUT2D eigenvalue weighted by Crippen LogP contribution is -2.35. The van der Waals surface area contributed by atoms with Crippen LogP contribution in [0.3, 0.4) is 0 Å². The van der Waals surface area contributed by atoms with Crippen LogP contribution >= 0.6 is 0 Å². The van der Waals surface area contributed by atoms with Crippen LogP contribution < -0.4 is 16.0 Å². The van der Waals surface area contributed by atoms with Gasteiger partial charge in [0.1, 0.15) is 0 Å². The highest BCUT2D eigenvalue weighted by molar-refractivity contribution is 6.39. The van der Waals surface area contributed by atoms with Crippen molar-refractivity contribution in [1.82, 2.24) is 5.32 Å². The molecule has 102 valence electrons. The normalized spacial score (nSPS) is 9.58. The van der Waals surface area contributed by atoms with Crippen molar-refractivity contribution in [2.24, 2.45) is 0 Å². The first kappa shape index (κ1) is 14.7. The molecule has 0 radical (unpaired) electrons. The van der Waals surface area contributed by atoms with Crippen LogP contribution in [0, 0.1) is 0 Å². The third-order valence-electron chi connectivity index (χ3n) is 2.18. The molecular weight excluding hydrogens is 246 g/mol. The fraction of sp³-hybridized carbons (Fsp3) is 0.308. The van der Waals surface area contributed by atoms with Crippen LogP contribution in [0.5, 0.6) is 0 Å². The summed E-state index contributed by atoms with van der Waals surface area (Å²) in [6.07, 6.45) is 0.761. The Labute approximate surface area is 111 Å². The molecular formula is C13H17N3O3. The zero-order valence-electron chi connectivity index (χ0n) is 10.9. The topological polar surface area (TPSA) is 87.3 Å². The Morgan fingerprint density at radius 2 is 1.68 bits per heavy atom. The molecule has 1 aromatic carbocycles. The van der Waals surface area contributed by atoms with Crippen molar-refractivity contribution >= 4 is 29.1 Å². The van der Waals surface area contributed by atoms with Gasteiger partial charge in [0.05, 0.1) is 0 Å². The maximum atomic E-state index is 11.5. The minimum atomic E-state index is -0.728. The molecule has 0 aromatic heterocycles. The molecule has 1 rings (SSSR count). The van der Waals surface area contributed by atoms with Gasteiger partial charge >= 0.3 is 11.8 Å². The van der Waals surface area contributed by atoms with E-state index in [1.54, 1.807) is 24.3 Å². The number of benzene rings is 1. The molecule has 19 heavy (non-hydrogen) atoms. The van der Waals surface area contributed by atoms with Crippen LogP contribution in [0.1, 0.15) is 20.3 Å². The standard InChI is InChI=1S/C13H17N3O3/c1-3-7-14-12(18)13(19)16-11-6-4-5-10(8-11)15-9(2)17/h4-6,8H,3,7H2,1-2H3,(H,14,18)(H,15,17)(H,16,19). The van der Waals surface area contributed by atoms with Gasteiger partial charge < -0.3 is 16.0 Å². The summed E-state index contributed by atoms with van der Waals surface area (Å²) in [5.74, 6) is -1.61. The predicted molar refractivity (Wildman–Crippen MR) is 72.7 cm³/mol. The van der Waals surface area contributed by atoms with E-state index in [0.717, 1.165) is 6.42 Å². The highest BCUT2D eigenvalue weighted by atomic mass is 16.2. The lowest BCUT2D eigenvalue weighted by atomic mass is 10.2. The summed E-state index contributed by atoms with van der Waals surface area (Å²) < 4.78 is 0. The number of anilines is 2. The van der Waals surface area contributed by atoms with E-state index in [9.17, 15) is 14.4 Å². The van der Waals surface area contributed by atoms with E-state index in [1.807, 2.05) is 6.92 Å². The summed E-state index contributed by atoms with van der Waals surface area (Å²) in [7, 11) is 0. The quantitative estimate of drug-likeness (QED) is 0.711. The molecule has 0 atom stereocenters. The number of hydrogen-bond donors (Lipinski definition) is 3. The van der Waals surface area contributed by atoms with Crippen LogP contribution in [0.15, 0.2) is 24.3 Å². The van der Waals surface area contributed by atoms with Crippen LogP contribution in [-0.2, 0) is 14.4 Å². The fourth-order valence-electron chi connectivity index (χ4n) is 1.38. The molecule has 6 nitrogen and oxygen atoms in total. The van der Waals surface area contributed by atoms with Crippen molar-refractivity contribution in [1.29, 1.82) is 0 Å². The van der Waals surface area contributed by atoms with Crippen LogP contribution in [-0.4, -0.2) is 24.3 Å². The molecule has 1 aromatic rings. The van der Waals surface area contributed by atoms with Gasteiger partial charge in [-0.15, -0.1) is 0 Å². The zero-order chi connectivity index (χ0) is 14.3. The minimum Gasteiger partial charge on any atom is -0.348 e. The van der Waals surface area contributed by atoms with Crippen LogP contribution in [0.4, 0.5) is 11.4 Å². The van der Waals surface area contributed by atoms with E-state index in [4.69, 9.17) is 0 Å². The van der Waals surface area contributed by atoms with Gasteiger partial charge in [-0.1, -0.05) is 13.0 Å². The molecule has 0 saturated carbocycles. The molecule has 3 amide bonds. The maximum absolute atomic E-state index is 11.5. The van der Waals surface area contributed by atoms with Crippen molar-refractivity contribution < 1.29 is 14.4 Å². The van der Waals surface area contributed by atoms with Gasteiger partial charge in [-0.05, 0) is 24.6 Å². The molecule has 0 heterocycles. The van der Waals surface area contributed by atoms with Crippen LogP contribution in [0.2, 0.25) is 0 Å². The number of amides is 3. The number of nitrogens with one attached hydrogen (secondary N) is 3. The van der Waals surface area contributed by atoms with E-state index >= 15 is 0 Å². The summed E-state index contributed by atoms with van der Waals surface area (Å²) in [6, 6.07) is 6.57. The van der Waals surface area contributed by atoms with Crippen molar-refractivity contribution in [3.63, 3.8) is 0 Å². The Bertz CT molecular complexity index is 486. The first-order valence-electron chi connectivity index (χ1n) is 5.99. The third-order valence-corrected chi connectivity index (χ3v) is 2.18. The predicted octanol–water partition coefficient (Wildman–Crippen LogP) is 1.11.